The number of nitrogens with zero attached hydrogens (tertiary/aromatic N) is 6. The summed E-state index contributed by atoms with van der Waals surface area (Å²) in [6.45, 7) is 1.89. The Morgan fingerprint density at radius 1 is 1.03 bits per heavy atom. The predicted molar refractivity (Wildman–Crippen MR) is 141 cm³/mol. The molecule has 5 heterocycles. The smallest absolute Gasteiger partial charge is 0.282 e. The molecule has 182 valence electrons. The number of halogens is 1. The van der Waals surface area contributed by atoms with Crippen molar-refractivity contribution in [3.8, 4) is 16.9 Å². The molecule has 1 saturated carbocycles. The first-order valence-corrected chi connectivity index (χ1v) is 12.4. The third kappa shape index (κ3) is 3.75. The lowest BCUT2D eigenvalue weighted by atomic mass is 9.88. The number of aromatic nitrogens is 6. The Morgan fingerprint density at radius 2 is 1.86 bits per heavy atom. The molecule has 37 heavy (non-hydrogen) atoms. The summed E-state index contributed by atoms with van der Waals surface area (Å²) < 4.78 is 1.27. The zero-order valence-electron chi connectivity index (χ0n) is 19.6. The third-order valence-electron chi connectivity index (χ3n) is 7.13. The first kappa shape index (κ1) is 22.0. The molecular formula is C27H21ClN8O. The molecule has 0 bridgehead atoms. The van der Waals surface area contributed by atoms with Gasteiger partial charge in [-0.3, -0.25) is 14.8 Å². The van der Waals surface area contributed by atoms with Crippen LogP contribution in [0.3, 0.4) is 0 Å². The normalized spacial score (nSPS) is 15.5. The highest BCUT2D eigenvalue weighted by Gasteiger charge is 2.46. The van der Waals surface area contributed by atoms with E-state index in [0.29, 0.717) is 38.7 Å². The van der Waals surface area contributed by atoms with Crippen LogP contribution in [-0.4, -0.2) is 36.3 Å². The molecular weight excluding hydrogens is 488 g/mol. The average Bonchev–Trinajstić information content (AvgIpc) is 3.70. The van der Waals surface area contributed by atoms with Crippen LogP contribution in [0.4, 0.5) is 11.6 Å². The molecule has 0 saturated heterocycles. The van der Waals surface area contributed by atoms with Crippen LogP contribution in [0.5, 0.6) is 0 Å². The van der Waals surface area contributed by atoms with Crippen LogP contribution >= 0.6 is 11.6 Å². The van der Waals surface area contributed by atoms with E-state index in [0.717, 1.165) is 24.3 Å². The quantitative estimate of drug-likeness (QED) is 0.372. The zero-order chi connectivity index (χ0) is 25.0. The van der Waals surface area contributed by atoms with Crippen molar-refractivity contribution in [1.82, 2.24) is 35.0 Å². The molecule has 1 aliphatic heterocycles. The van der Waals surface area contributed by atoms with Crippen LogP contribution in [0.1, 0.15) is 24.0 Å². The van der Waals surface area contributed by atoms with E-state index < -0.39 is 0 Å². The Morgan fingerprint density at radius 3 is 2.68 bits per heavy atom. The monoisotopic (exact) mass is 508 g/mol. The first-order chi connectivity index (χ1) is 18.1. The number of rotatable bonds is 4. The second kappa shape index (κ2) is 8.43. The van der Waals surface area contributed by atoms with Gasteiger partial charge in [-0.2, -0.15) is 9.78 Å². The molecule has 0 radical (unpaired) electrons. The van der Waals surface area contributed by atoms with Crippen molar-refractivity contribution in [3.05, 3.63) is 93.9 Å². The minimum Gasteiger partial charge on any atom is -0.324 e. The molecule has 1 aliphatic carbocycles. The van der Waals surface area contributed by atoms with Crippen LogP contribution in [0.25, 0.3) is 27.8 Å². The molecule has 2 N–H and O–H groups in total. The second-order valence-electron chi connectivity index (χ2n) is 9.47. The molecule has 2 aliphatic rings. The molecule has 4 aromatic heterocycles. The van der Waals surface area contributed by atoms with E-state index >= 15 is 0 Å². The standard InChI is InChI=1S/C27H21ClN8O/c28-21-14-30-10-5-22(21)36-25(37)19-13-32-26(34-24(19)23(35-36)16-3-8-29-9-4-16)33-18-1-2-20-17(11-18)12-31-15-27(20)6-7-27/h1-5,8-11,13-14,31H,6-7,12,15H2,(H,32,33,34). The molecule has 1 aromatic carbocycles. The van der Waals surface area contributed by atoms with Gasteiger partial charge in [0.15, 0.2) is 0 Å². The maximum atomic E-state index is 13.5. The summed E-state index contributed by atoms with van der Waals surface area (Å²) >= 11 is 6.35. The molecule has 1 fully saturated rings. The van der Waals surface area contributed by atoms with Crippen molar-refractivity contribution in [2.45, 2.75) is 24.8 Å². The lowest BCUT2D eigenvalue weighted by molar-refractivity contribution is 0.531. The zero-order valence-corrected chi connectivity index (χ0v) is 20.4. The molecule has 10 heteroatoms. The Kier molecular flexibility index (Phi) is 5.02. The van der Waals surface area contributed by atoms with Crippen molar-refractivity contribution < 1.29 is 0 Å². The minimum absolute atomic E-state index is 0.311. The molecule has 7 rings (SSSR count). The van der Waals surface area contributed by atoms with Gasteiger partial charge in [-0.15, -0.1) is 0 Å². The third-order valence-corrected chi connectivity index (χ3v) is 7.43. The predicted octanol–water partition coefficient (Wildman–Crippen LogP) is 4.16. The van der Waals surface area contributed by atoms with Gasteiger partial charge in [-0.05, 0) is 54.3 Å². The first-order valence-electron chi connectivity index (χ1n) is 12.0. The van der Waals surface area contributed by atoms with Crippen LogP contribution in [-0.2, 0) is 12.0 Å². The van der Waals surface area contributed by atoms with Crippen molar-refractivity contribution in [3.63, 3.8) is 0 Å². The van der Waals surface area contributed by atoms with E-state index in [2.05, 4.69) is 48.9 Å². The summed E-state index contributed by atoms with van der Waals surface area (Å²) in [7, 11) is 0. The van der Waals surface area contributed by atoms with Gasteiger partial charge in [0.05, 0.1) is 16.1 Å². The van der Waals surface area contributed by atoms with Crippen LogP contribution in [0.2, 0.25) is 5.02 Å². The van der Waals surface area contributed by atoms with Crippen molar-refractivity contribution in [1.29, 1.82) is 0 Å². The summed E-state index contributed by atoms with van der Waals surface area (Å²) in [6.07, 6.45) is 10.4. The molecule has 9 nitrogen and oxygen atoms in total. The fourth-order valence-electron chi connectivity index (χ4n) is 5.09. The van der Waals surface area contributed by atoms with Crippen molar-refractivity contribution in [2.75, 3.05) is 11.9 Å². The summed E-state index contributed by atoms with van der Waals surface area (Å²) in [5.41, 5.74) is 5.72. The van der Waals surface area contributed by atoms with Gasteiger partial charge in [0.1, 0.15) is 11.2 Å². The van der Waals surface area contributed by atoms with Crippen molar-refractivity contribution >= 4 is 34.1 Å². The molecule has 0 unspecified atom stereocenters. The van der Waals surface area contributed by atoms with Gasteiger partial charge in [-0.1, -0.05) is 17.7 Å². The van der Waals surface area contributed by atoms with E-state index in [1.807, 2.05) is 12.1 Å². The van der Waals surface area contributed by atoms with Gasteiger partial charge >= 0.3 is 0 Å². The highest BCUT2D eigenvalue weighted by atomic mass is 35.5. The largest absolute Gasteiger partial charge is 0.324 e. The van der Waals surface area contributed by atoms with Gasteiger partial charge in [0.2, 0.25) is 5.95 Å². The highest BCUT2D eigenvalue weighted by molar-refractivity contribution is 6.32. The summed E-state index contributed by atoms with van der Waals surface area (Å²) in [6, 6.07) is 11.7. The number of hydrogen-bond acceptors (Lipinski definition) is 8. The average molecular weight is 509 g/mol. The number of fused-ring (bicyclic) bond motifs is 3. The van der Waals surface area contributed by atoms with Gasteiger partial charge in [0, 0.05) is 60.7 Å². The maximum Gasteiger partial charge on any atom is 0.282 e. The van der Waals surface area contributed by atoms with E-state index in [4.69, 9.17) is 16.6 Å². The molecule has 1 spiro atoms. The molecule has 5 aromatic rings. The molecule has 0 atom stereocenters. The number of anilines is 2. The fourth-order valence-corrected chi connectivity index (χ4v) is 5.29. The Labute approximate surface area is 216 Å². The highest BCUT2D eigenvalue weighted by Crippen LogP contribution is 2.50. The second-order valence-corrected chi connectivity index (χ2v) is 9.87. The van der Waals surface area contributed by atoms with Gasteiger partial charge < -0.3 is 10.6 Å². The SMILES string of the molecule is O=c1c2cnc(Nc3ccc4c(c3)CNCC43CC3)nc2c(-c2ccncc2)nn1-c1ccncc1Cl. The number of nitrogens with one attached hydrogen (secondary N) is 2. The van der Waals surface area contributed by atoms with Crippen LogP contribution in [0.15, 0.2) is 72.2 Å². The Balaban J connectivity index is 1.35. The fraction of sp³-hybridized carbons (Fsp3) is 0.185. The molecule has 0 amide bonds. The van der Waals surface area contributed by atoms with Gasteiger partial charge in [-0.25, -0.2) is 9.97 Å². The summed E-state index contributed by atoms with van der Waals surface area (Å²) in [5, 5.41) is 12.2. The maximum absolute atomic E-state index is 13.5. The van der Waals surface area contributed by atoms with Gasteiger partial charge in [0.25, 0.3) is 5.56 Å². The van der Waals surface area contributed by atoms with E-state index in [9.17, 15) is 4.79 Å². The van der Waals surface area contributed by atoms with Crippen molar-refractivity contribution in [2.24, 2.45) is 0 Å². The lowest BCUT2D eigenvalue weighted by Gasteiger charge is -2.26. The number of hydrogen-bond donors (Lipinski definition) is 2. The topological polar surface area (TPSA) is 111 Å². The van der Waals surface area contributed by atoms with Crippen LogP contribution in [0, 0.1) is 0 Å². The van der Waals surface area contributed by atoms with E-state index in [1.165, 1.54) is 41.0 Å². The number of benzene rings is 1. The minimum atomic E-state index is -0.373. The Hall–Kier alpha value is -4.21. The van der Waals surface area contributed by atoms with E-state index in [-0.39, 0.29) is 5.56 Å². The Bertz CT molecular complexity index is 1730. The lowest BCUT2D eigenvalue weighted by Crippen LogP contribution is -2.33. The summed E-state index contributed by atoms with van der Waals surface area (Å²) in [5.74, 6) is 0.383. The summed E-state index contributed by atoms with van der Waals surface area (Å²) in [4.78, 5) is 30.8. The van der Waals surface area contributed by atoms with Crippen LogP contribution < -0.4 is 16.2 Å². The number of pyridine rings is 2. The van der Waals surface area contributed by atoms with E-state index in [1.54, 1.807) is 24.7 Å².